The van der Waals surface area contributed by atoms with Gasteiger partial charge in [-0.05, 0) is 54.6 Å². The van der Waals surface area contributed by atoms with Gasteiger partial charge in [-0.3, -0.25) is 14.6 Å². The molecule has 0 radical (unpaired) electrons. The Kier molecular flexibility index (Phi) is 8.72. The molecule has 2 amide bonds. The third-order valence-electron chi connectivity index (χ3n) is 7.10. The fraction of sp³-hybridized carbons (Fsp3) is 0.692. The number of benzene rings is 1. The molecule has 4 atom stereocenters. The fourth-order valence-corrected chi connectivity index (χ4v) is 5.60. The summed E-state index contributed by atoms with van der Waals surface area (Å²) in [7, 11) is 0. The van der Waals surface area contributed by atoms with Crippen LogP contribution in [0.25, 0.3) is 0 Å². The predicted octanol–water partition coefficient (Wildman–Crippen LogP) is 5.08. The van der Waals surface area contributed by atoms with Crippen molar-refractivity contribution >= 4 is 12.0 Å². The smallest absolute Gasteiger partial charge is 0.416 e. The lowest BCUT2D eigenvalue weighted by Crippen LogP contribution is -2.53. The zero-order valence-corrected chi connectivity index (χ0v) is 21.0. The normalized spacial score (nSPS) is 23.5. The van der Waals surface area contributed by atoms with Crippen molar-refractivity contribution in [3.63, 3.8) is 0 Å². The molecule has 196 valence electrons. The highest BCUT2D eigenvalue weighted by Gasteiger charge is 2.44. The van der Waals surface area contributed by atoms with Crippen LogP contribution in [-0.2, 0) is 17.5 Å². The van der Waals surface area contributed by atoms with E-state index in [2.05, 4.69) is 10.2 Å². The molecule has 6 nitrogen and oxygen atoms in total. The highest BCUT2D eigenvalue weighted by Crippen LogP contribution is 2.39. The average molecular weight is 498 g/mol. The van der Waals surface area contributed by atoms with Crippen LogP contribution in [0, 0.1) is 23.7 Å². The number of carboxylic acid groups (broad SMARTS) is 1. The average Bonchev–Trinajstić information content (AvgIpc) is 3.30. The summed E-state index contributed by atoms with van der Waals surface area (Å²) in [6.07, 6.45) is -3.22. The summed E-state index contributed by atoms with van der Waals surface area (Å²) in [4.78, 5) is 28.7. The first-order valence-electron chi connectivity index (χ1n) is 12.5. The number of fused-ring (bicyclic) bond motifs is 1. The molecule has 0 spiro atoms. The van der Waals surface area contributed by atoms with Crippen molar-refractivity contribution in [3.8, 4) is 0 Å². The number of carbonyl (C=O) groups excluding carboxylic acids is 1. The Bertz CT molecular complexity index is 890. The highest BCUT2D eigenvalue weighted by molar-refractivity contribution is 5.85. The summed E-state index contributed by atoms with van der Waals surface area (Å²) in [5.74, 6) is 0.603. The van der Waals surface area contributed by atoms with Crippen LogP contribution in [0.15, 0.2) is 24.3 Å². The van der Waals surface area contributed by atoms with Crippen molar-refractivity contribution in [2.24, 2.45) is 23.7 Å². The number of hydrogen-bond acceptors (Lipinski definition) is 3. The number of rotatable bonds is 9. The van der Waals surface area contributed by atoms with Gasteiger partial charge in [0, 0.05) is 32.2 Å². The van der Waals surface area contributed by atoms with Crippen molar-refractivity contribution in [2.45, 2.75) is 71.8 Å². The van der Waals surface area contributed by atoms with E-state index in [-0.39, 0.29) is 29.7 Å². The topological polar surface area (TPSA) is 72.9 Å². The third kappa shape index (κ3) is 7.12. The largest absolute Gasteiger partial charge is 0.465 e. The molecule has 1 heterocycles. The van der Waals surface area contributed by atoms with Crippen LogP contribution in [0.2, 0.25) is 0 Å². The summed E-state index contributed by atoms with van der Waals surface area (Å²) in [6.45, 7) is 10.0. The van der Waals surface area contributed by atoms with Crippen LogP contribution in [-0.4, -0.2) is 58.6 Å². The van der Waals surface area contributed by atoms with Gasteiger partial charge in [-0.25, -0.2) is 4.79 Å². The molecule has 1 aromatic rings. The van der Waals surface area contributed by atoms with Gasteiger partial charge in [0.05, 0.1) is 5.56 Å². The Labute approximate surface area is 205 Å². The first-order valence-corrected chi connectivity index (χ1v) is 12.5. The first kappa shape index (κ1) is 27.3. The number of alkyl halides is 3. The van der Waals surface area contributed by atoms with Crippen LogP contribution in [0.5, 0.6) is 0 Å². The van der Waals surface area contributed by atoms with Crippen molar-refractivity contribution < 1.29 is 27.9 Å². The molecular weight excluding hydrogens is 459 g/mol. The van der Waals surface area contributed by atoms with E-state index < -0.39 is 23.9 Å². The van der Waals surface area contributed by atoms with Gasteiger partial charge >= 0.3 is 12.3 Å². The van der Waals surface area contributed by atoms with Crippen molar-refractivity contribution in [3.05, 3.63) is 35.4 Å². The van der Waals surface area contributed by atoms with Crippen molar-refractivity contribution in [1.82, 2.24) is 15.1 Å². The van der Waals surface area contributed by atoms with Crippen LogP contribution in [0.4, 0.5) is 18.0 Å². The van der Waals surface area contributed by atoms with E-state index in [0.29, 0.717) is 37.5 Å². The zero-order valence-electron chi connectivity index (χ0n) is 21.0. The van der Waals surface area contributed by atoms with E-state index in [0.717, 1.165) is 25.5 Å². The Morgan fingerprint density at radius 3 is 2.46 bits per heavy atom. The molecule has 3 rings (SSSR count). The van der Waals surface area contributed by atoms with Gasteiger partial charge in [0.25, 0.3) is 0 Å². The molecule has 0 unspecified atom stereocenters. The molecule has 1 saturated heterocycles. The molecule has 35 heavy (non-hydrogen) atoms. The van der Waals surface area contributed by atoms with Crippen LogP contribution in [0.1, 0.15) is 58.1 Å². The summed E-state index contributed by atoms with van der Waals surface area (Å²) >= 11 is 0. The quantitative estimate of drug-likeness (QED) is 0.499. The molecule has 1 aliphatic carbocycles. The lowest BCUT2D eigenvalue weighted by molar-refractivity contribution is -0.137. The number of hydrogen-bond donors (Lipinski definition) is 2. The van der Waals surface area contributed by atoms with Gasteiger partial charge in [-0.2, -0.15) is 13.2 Å². The third-order valence-corrected chi connectivity index (χ3v) is 7.10. The van der Waals surface area contributed by atoms with E-state index in [1.54, 1.807) is 6.07 Å². The number of likely N-dealkylation sites (tertiary alicyclic amines) is 1. The van der Waals surface area contributed by atoms with Gasteiger partial charge in [0.1, 0.15) is 6.04 Å². The monoisotopic (exact) mass is 497 g/mol. The van der Waals surface area contributed by atoms with E-state index in [9.17, 15) is 27.9 Å². The van der Waals surface area contributed by atoms with Crippen molar-refractivity contribution in [1.29, 1.82) is 0 Å². The molecule has 2 aliphatic rings. The Hall–Kier alpha value is -2.29. The lowest BCUT2D eigenvalue weighted by atomic mass is 9.96. The zero-order chi connectivity index (χ0) is 25.9. The SMILES string of the molecule is CC(C)C[C@@H](C(=O)N[C@@H]1CC[C@H]2CN(Cc3cccc(C(F)(F)F)c3)C[C@H]21)N(CC(C)C)C(=O)O. The fourth-order valence-electron chi connectivity index (χ4n) is 5.60. The van der Waals surface area contributed by atoms with Gasteiger partial charge < -0.3 is 10.4 Å². The molecular formula is C26H38F3N3O3. The maximum Gasteiger partial charge on any atom is 0.416 e. The second kappa shape index (κ2) is 11.2. The number of nitrogens with one attached hydrogen (secondary N) is 1. The van der Waals surface area contributed by atoms with E-state index in [1.165, 1.54) is 17.0 Å². The number of carbonyl (C=O) groups is 2. The number of halogens is 3. The van der Waals surface area contributed by atoms with Crippen molar-refractivity contribution in [2.75, 3.05) is 19.6 Å². The Morgan fingerprint density at radius 1 is 1.14 bits per heavy atom. The Balaban J connectivity index is 1.65. The minimum atomic E-state index is -4.36. The molecule has 1 aromatic carbocycles. The predicted molar refractivity (Wildman–Crippen MR) is 128 cm³/mol. The van der Waals surface area contributed by atoms with Gasteiger partial charge in [-0.1, -0.05) is 45.9 Å². The molecule has 0 bridgehead atoms. The number of amides is 2. The van der Waals surface area contributed by atoms with Gasteiger partial charge in [0.2, 0.25) is 5.91 Å². The van der Waals surface area contributed by atoms with E-state index >= 15 is 0 Å². The maximum absolute atomic E-state index is 13.3. The molecule has 2 fully saturated rings. The van der Waals surface area contributed by atoms with E-state index in [1.807, 2.05) is 27.7 Å². The molecule has 9 heteroatoms. The first-order chi connectivity index (χ1) is 16.3. The highest BCUT2D eigenvalue weighted by atomic mass is 19.4. The molecule has 2 N–H and O–H groups in total. The Morgan fingerprint density at radius 2 is 1.86 bits per heavy atom. The summed E-state index contributed by atoms with van der Waals surface area (Å²) < 4.78 is 39.2. The standard InChI is InChI=1S/C26H38F3N3O3/c1-16(2)10-23(32(25(34)35)12-17(3)4)24(33)30-22-9-8-19-14-31(15-21(19)22)13-18-6-5-7-20(11-18)26(27,28)29/h5-7,11,16-17,19,21-23H,8-10,12-15H2,1-4H3,(H,30,33)(H,34,35)/t19-,21+,22+,23-/m0/s1. The second-order valence-electron chi connectivity index (χ2n) is 11.0. The molecule has 1 saturated carbocycles. The van der Waals surface area contributed by atoms with Crippen LogP contribution >= 0.6 is 0 Å². The molecule has 1 aliphatic heterocycles. The van der Waals surface area contributed by atoms with Crippen LogP contribution < -0.4 is 5.32 Å². The maximum atomic E-state index is 13.3. The molecule has 0 aromatic heterocycles. The van der Waals surface area contributed by atoms with Gasteiger partial charge in [0.15, 0.2) is 0 Å². The van der Waals surface area contributed by atoms with E-state index in [4.69, 9.17) is 0 Å². The number of nitrogens with zero attached hydrogens (tertiary/aromatic N) is 2. The van der Waals surface area contributed by atoms with Gasteiger partial charge in [-0.15, -0.1) is 0 Å². The summed E-state index contributed by atoms with van der Waals surface area (Å²) in [5, 5.41) is 12.9. The summed E-state index contributed by atoms with van der Waals surface area (Å²) in [5.41, 5.74) is -0.0109. The minimum Gasteiger partial charge on any atom is -0.465 e. The lowest BCUT2D eigenvalue weighted by Gasteiger charge is -2.32. The minimum absolute atomic E-state index is 0.0524. The summed E-state index contributed by atoms with van der Waals surface area (Å²) in [6, 6.07) is 4.66. The second-order valence-corrected chi connectivity index (χ2v) is 11.0. The van der Waals surface area contributed by atoms with Crippen LogP contribution in [0.3, 0.4) is 0 Å².